The van der Waals surface area contributed by atoms with E-state index < -0.39 is 47.1 Å². The average molecular weight is 628 g/mol. The molecule has 1 aliphatic heterocycles. The Balaban J connectivity index is 0.00000148. The predicted molar refractivity (Wildman–Crippen MR) is 155 cm³/mol. The molecule has 2 heterocycles. The first-order valence-electron chi connectivity index (χ1n) is 14.6. The highest BCUT2D eigenvalue weighted by Gasteiger charge is 2.60. The number of alkyl halides is 3. The number of amides is 1. The van der Waals surface area contributed by atoms with E-state index in [2.05, 4.69) is 0 Å². The second kappa shape index (κ2) is 13.0. The van der Waals surface area contributed by atoms with Crippen LogP contribution in [-0.2, 0) is 25.5 Å². The lowest BCUT2D eigenvalue weighted by atomic mass is 9.71. The van der Waals surface area contributed by atoms with E-state index in [1.54, 1.807) is 30.4 Å². The Kier molecular flexibility index (Phi) is 9.70. The third-order valence-electron chi connectivity index (χ3n) is 8.16. The van der Waals surface area contributed by atoms with Crippen LogP contribution in [0.1, 0.15) is 86.5 Å². The zero-order valence-electron chi connectivity index (χ0n) is 25.5. The summed E-state index contributed by atoms with van der Waals surface area (Å²) in [6, 6.07) is 18.0. The van der Waals surface area contributed by atoms with Gasteiger partial charge in [-0.15, -0.1) is 0 Å². The minimum absolute atomic E-state index is 0.125. The molecule has 0 radical (unpaired) electrons. The molecule has 3 aromatic rings. The number of likely N-dealkylation sites (tertiary alicyclic amines) is 1. The number of nitrogens with zero attached hydrogens (tertiary/aromatic N) is 3. The Morgan fingerprint density at radius 2 is 1.49 bits per heavy atom. The molecule has 1 saturated heterocycles. The molecule has 1 N–H and O–H groups in total. The molecule has 12 heteroatoms. The van der Waals surface area contributed by atoms with Gasteiger partial charge in [0.2, 0.25) is 0 Å². The van der Waals surface area contributed by atoms with Gasteiger partial charge in [-0.25, -0.2) is 4.79 Å². The standard InChI is InChI=1S/C32H36F3N3O4.CO2/c1-30(2,3)42-29(40)37-17-15-20(16-18-37)26-25-23(19-24(39)31(4,41)28(25)32(33,34)35)38(36-26)27(21-11-7-5-8-12-21)22-13-9-6-10-14-22;2-1-3/h5-14,20,27-28,41H,15-19H2,1-4H3;. The van der Waals surface area contributed by atoms with Crippen molar-refractivity contribution in [1.29, 1.82) is 0 Å². The van der Waals surface area contributed by atoms with Crippen LogP contribution in [0.5, 0.6) is 0 Å². The number of hydrogen-bond acceptors (Lipinski definition) is 7. The van der Waals surface area contributed by atoms with Crippen LogP contribution >= 0.6 is 0 Å². The maximum atomic E-state index is 14.8. The van der Waals surface area contributed by atoms with Gasteiger partial charge in [0.25, 0.3) is 0 Å². The van der Waals surface area contributed by atoms with E-state index in [4.69, 9.17) is 19.4 Å². The molecule has 1 aromatic heterocycles. The van der Waals surface area contributed by atoms with Crippen LogP contribution in [0.25, 0.3) is 0 Å². The number of ketones is 1. The number of aliphatic hydroxyl groups is 1. The quantitative estimate of drug-likeness (QED) is 0.402. The number of rotatable bonds is 4. The van der Waals surface area contributed by atoms with Gasteiger partial charge in [-0.05, 0) is 51.7 Å². The SMILES string of the molecule is CC(C)(C)OC(=O)N1CCC(c2nn(C(c3ccccc3)c3ccccc3)c3c2C(C(F)(F)F)C(C)(O)C(=O)C3)CC1.O=C=O. The van der Waals surface area contributed by atoms with Crippen LogP contribution in [0, 0.1) is 0 Å². The van der Waals surface area contributed by atoms with Gasteiger partial charge in [-0.2, -0.15) is 27.9 Å². The molecule has 1 amide bonds. The minimum atomic E-state index is -4.90. The largest absolute Gasteiger partial charge is 0.444 e. The van der Waals surface area contributed by atoms with Crippen molar-refractivity contribution in [3.8, 4) is 0 Å². The summed E-state index contributed by atoms with van der Waals surface area (Å²) < 4.78 is 51.4. The maximum absolute atomic E-state index is 14.8. The number of carbonyl (C=O) groups excluding carboxylic acids is 4. The molecule has 0 bridgehead atoms. The third kappa shape index (κ3) is 7.18. The van der Waals surface area contributed by atoms with Gasteiger partial charge in [-0.1, -0.05) is 60.7 Å². The number of Topliss-reactive ketones (excluding diaryl/α,β-unsaturated/α-hetero) is 1. The first-order valence-corrected chi connectivity index (χ1v) is 14.6. The van der Waals surface area contributed by atoms with E-state index in [1.807, 2.05) is 60.7 Å². The zero-order valence-corrected chi connectivity index (χ0v) is 25.5. The van der Waals surface area contributed by atoms with E-state index in [0.717, 1.165) is 18.1 Å². The number of benzene rings is 2. The Labute approximate surface area is 259 Å². The van der Waals surface area contributed by atoms with E-state index in [-0.39, 0.29) is 42.6 Å². The fraction of sp³-hybridized carbons (Fsp3) is 0.455. The van der Waals surface area contributed by atoms with Crippen LogP contribution in [0.2, 0.25) is 0 Å². The lowest BCUT2D eigenvalue weighted by molar-refractivity contribution is -0.198. The van der Waals surface area contributed by atoms with Crippen molar-refractivity contribution in [3.63, 3.8) is 0 Å². The summed E-state index contributed by atoms with van der Waals surface area (Å²) >= 11 is 0. The number of fused-ring (bicyclic) bond motifs is 1. The topological polar surface area (TPSA) is 119 Å². The van der Waals surface area contributed by atoms with Crippen molar-refractivity contribution < 1.29 is 42.2 Å². The normalized spacial score (nSPS) is 20.6. The number of halogens is 3. The molecule has 2 atom stereocenters. The summed E-state index contributed by atoms with van der Waals surface area (Å²) in [6.45, 7) is 6.85. The number of carbonyl (C=O) groups is 2. The van der Waals surface area contributed by atoms with Gasteiger partial charge in [0.1, 0.15) is 23.2 Å². The Morgan fingerprint density at radius 3 is 1.93 bits per heavy atom. The zero-order chi connectivity index (χ0) is 33.2. The van der Waals surface area contributed by atoms with Crippen LogP contribution in [-0.4, -0.2) is 68.3 Å². The molecule has 2 aliphatic rings. The van der Waals surface area contributed by atoms with Crippen LogP contribution in [0.4, 0.5) is 18.0 Å². The van der Waals surface area contributed by atoms with E-state index in [1.165, 1.54) is 0 Å². The summed E-state index contributed by atoms with van der Waals surface area (Å²) in [6.07, 6.45) is -4.77. The number of aromatic nitrogens is 2. The van der Waals surface area contributed by atoms with Gasteiger partial charge in [0.05, 0.1) is 17.8 Å². The van der Waals surface area contributed by atoms with E-state index in [0.29, 0.717) is 12.8 Å². The number of piperidine rings is 1. The molecule has 0 saturated carbocycles. The van der Waals surface area contributed by atoms with Crippen molar-refractivity contribution in [1.82, 2.24) is 14.7 Å². The average Bonchev–Trinajstić information content (AvgIpc) is 3.31. The van der Waals surface area contributed by atoms with Crippen molar-refractivity contribution >= 4 is 18.0 Å². The Bertz CT molecular complexity index is 1490. The van der Waals surface area contributed by atoms with Crippen LogP contribution in [0.15, 0.2) is 60.7 Å². The molecule has 0 spiro atoms. The predicted octanol–water partition coefficient (Wildman–Crippen LogP) is 5.57. The van der Waals surface area contributed by atoms with Gasteiger partial charge in [0.15, 0.2) is 5.78 Å². The number of hydrogen-bond donors (Lipinski definition) is 1. The van der Waals surface area contributed by atoms with Crippen molar-refractivity contribution in [2.75, 3.05) is 13.1 Å². The highest BCUT2D eigenvalue weighted by molar-refractivity contribution is 5.92. The fourth-order valence-corrected chi connectivity index (χ4v) is 6.17. The molecule has 2 aromatic carbocycles. The first kappa shape index (κ1) is 33.6. The molecule has 1 aliphatic carbocycles. The van der Waals surface area contributed by atoms with Gasteiger partial charge >= 0.3 is 18.4 Å². The van der Waals surface area contributed by atoms with Crippen molar-refractivity contribution in [2.24, 2.45) is 0 Å². The summed E-state index contributed by atoms with van der Waals surface area (Å²) in [5, 5.41) is 15.9. The summed E-state index contributed by atoms with van der Waals surface area (Å²) in [5.74, 6) is -3.74. The van der Waals surface area contributed by atoms with Gasteiger partial charge < -0.3 is 14.7 Å². The lowest BCUT2D eigenvalue weighted by Gasteiger charge is -2.39. The first-order chi connectivity index (χ1) is 21.1. The second-order valence-corrected chi connectivity index (χ2v) is 12.5. The molecule has 5 rings (SSSR count). The fourth-order valence-electron chi connectivity index (χ4n) is 6.17. The second-order valence-electron chi connectivity index (χ2n) is 12.5. The van der Waals surface area contributed by atoms with E-state index in [9.17, 15) is 27.9 Å². The Hall–Kier alpha value is -4.28. The van der Waals surface area contributed by atoms with Crippen LogP contribution < -0.4 is 0 Å². The minimum Gasteiger partial charge on any atom is -0.444 e. The summed E-state index contributed by atoms with van der Waals surface area (Å²) in [5.41, 5.74) is -1.45. The monoisotopic (exact) mass is 627 g/mol. The van der Waals surface area contributed by atoms with Crippen molar-refractivity contribution in [2.45, 2.75) is 82.2 Å². The number of ether oxygens (including phenoxy) is 1. The van der Waals surface area contributed by atoms with Crippen LogP contribution in [0.3, 0.4) is 0 Å². The molecule has 45 heavy (non-hydrogen) atoms. The highest BCUT2D eigenvalue weighted by Crippen LogP contribution is 2.51. The summed E-state index contributed by atoms with van der Waals surface area (Å²) in [7, 11) is 0. The molecular weight excluding hydrogens is 591 g/mol. The molecular formula is C33H36F3N3O6. The highest BCUT2D eigenvalue weighted by atomic mass is 19.4. The molecule has 2 unspecified atom stereocenters. The Morgan fingerprint density at radius 1 is 1.00 bits per heavy atom. The third-order valence-corrected chi connectivity index (χ3v) is 8.16. The van der Waals surface area contributed by atoms with Gasteiger partial charge in [-0.3, -0.25) is 9.48 Å². The maximum Gasteiger partial charge on any atom is 0.410 e. The van der Waals surface area contributed by atoms with E-state index >= 15 is 0 Å². The van der Waals surface area contributed by atoms with Crippen molar-refractivity contribution in [3.05, 3.63) is 88.7 Å². The summed E-state index contributed by atoms with van der Waals surface area (Å²) in [4.78, 5) is 43.6. The van der Waals surface area contributed by atoms with Gasteiger partial charge in [0, 0.05) is 24.6 Å². The molecule has 1 fully saturated rings. The lowest BCUT2D eigenvalue weighted by Crippen LogP contribution is -2.52. The smallest absolute Gasteiger partial charge is 0.410 e. The molecule has 9 nitrogen and oxygen atoms in total. The molecule has 240 valence electrons.